The summed E-state index contributed by atoms with van der Waals surface area (Å²) in [6.45, 7) is 0. The normalized spacial score (nSPS) is 19.0. The van der Waals surface area contributed by atoms with E-state index in [1.165, 1.54) is 32.1 Å². The third kappa shape index (κ3) is 3.16. The molecule has 0 saturated heterocycles. The van der Waals surface area contributed by atoms with Gasteiger partial charge in [-0.1, -0.05) is 32.1 Å². The predicted molar refractivity (Wildman–Crippen MR) is 46.9 cm³/mol. The molecule has 1 aliphatic rings. The van der Waals surface area contributed by atoms with Gasteiger partial charge >= 0.3 is 0 Å². The monoisotopic (exact) mass is 168 g/mol. The van der Waals surface area contributed by atoms with Gasteiger partial charge in [-0.2, -0.15) is 0 Å². The maximum Gasteiger partial charge on any atom is 0.195 e. The number of Topliss-reactive ketones (excluding diaryl/α,β-unsaturated/α-hetero) is 1. The van der Waals surface area contributed by atoms with Crippen LogP contribution in [0.1, 0.15) is 44.9 Å². The highest BCUT2D eigenvalue weighted by atomic mass is 16.2. The van der Waals surface area contributed by atoms with Crippen molar-refractivity contribution in [1.82, 2.24) is 0 Å². The molecule has 1 rings (SSSR count). The van der Waals surface area contributed by atoms with E-state index in [0.29, 0.717) is 18.6 Å². The zero-order chi connectivity index (χ0) is 8.81. The minimum atomic E-state index is -0.236. The number of ketones is 1. The highest BCUT2D eigenvalue weighted by molar-refractivity contribution is 6.24. The highest BCUT2D eigenvalue weighted by Gasteiger charge is 2.14. The van der Waals surface area contributed by atoms with Gasteiger partial charge < -0.3 is 0 Å². The van der Waals surface area contributed by atoms with E-state index in [4.69, 9.17) is 0 Å². The van der Waals surface area contributed by atoms with Gasteiger partial charge in [0.05, 0.1) is 0 Å². The molecule has 1 saturated carbocycles. The van der Waals surface area contributed by atoms with Crippen molar-refractivity contribution in [3.05, 3.63) is 0 Å². The van der Waals surface area contributed by atoms with E-state index in [1.54, 1.807) is 0 Å². The molecule has 1 aliphatic carbocycles. The van der Waals surface area contributed by atoms with Crippen LogP contribution in [-0.2, 0) is 9.59 Å². The van der Waals surface area contributed by atoms with Gasteiger partial charge in [0.1, 0.15) is 0 Å². The van der Waals surface area contributed by atoms with Gasteiger partial charge in [-0.25, -0.2) is 0 Å². The minimum absolute atomic E-state index is 0.236. The van der Waals surface area contributed by atoms with E-state index in [0.717, 1.165) is 6.42 Å². The van der Waals surface area contributed by atoms with Crippen LogP contribution < -0.4 is 0 Å². The van der Waals surface area contributed by atoms with Gasteiger partial charge in [0, 0.05) is 6.42 Å². The topological polar surface area (TPSA) is 34.1 Å². The summed E-state index contributed by atoms with van der Waals surface area (Å²) in [5, 5.41) is 0. The smallest absolute Gasteiger partial charge is 0.195 e. The lowest BCUT2D eigenvalue weighted by Gasteiger charge is -2.20. The Morgan fingerprint density at radius 1 is 1.25 bits per heavy atom. The minimum Gasteiger partial charge on any atom is -0.295 e. The van der Waals surface area contributed by atoms with E-state index in [2.05, 4.69) is 0 Å². The van der Waals surface area contributed by atoms with Gasteiger partial charge in [0.2, 0.25) is 0 Å². The van der Waals surface area contributed by atoms with Gasteiger partial charge in [-0.3, -0.25) is 9.59 Å². The third-order valence-electron chi connectivity index (χ3n) is 2.66. The first-order chi connectivity index (χ1) is 5.83. The summed E-state index contributed by atoms with van der Waals surface area (Å²) in [6.07, 6.45) is 8.31. The lowest BCUT2D eigenvalue weighted by Crippen LogP contribution is -2.09. The van der Waals surface area contributed by atoms with Crippen molar-refractivity contribution >= 4 is 12.1 Å². The standard InChI is InChI=1S/C10H16O2/c11-8-10(12)7-6-9-4-2-1-3-5-9/h8-9H,1-7H2. The Kier molecular flexibility index (Phi) is 3.98. The van der Waals surface area contributed by atoms with Crippen LogP contribution in [0.25, 0.3) is 0 Å². The predicted octanol–water partition coefficient (Wildman–Crippen LogP) is 2.11. The zero-order valence-electron chi connectivity index (χ0n) is 7.42. The molecule has 2 heteroatoms. The molecule has 2 nitrogen and oxygen atoms in total. The summed E-state index contributed by atoms with van der Waals surface area (Å²) in [4.78, 5) is 20.7. The molecule has 1 fully saturated rings. The first kappa shape index (κ1) is 9.43. The second kappa shape index (κ2) is 5.07. The van der Waals surface area contributed by atoms with Crippen LogP contribution in [0, 0.1) is 5.92 Å². The quantitative estimate of drug-likeness (QED) is 0.476. The lowest BCUT2D eigenvalue weighted by atomic mass is 9.86. The Labute approximate surface area is 73.3 Å². The summed E-state index contributed by atoms with van der Waals surface area (Å²) < 4.78 is 0. The molecule has 0 unspecified atom stereocenters. The van der Waals surface area contributed by atoms with Crippen LogP contribution in [-0.4, -0.2) is 12.1 Å². The molecule has 0 aromatic rings. The summed E-state index contributed by atoms with van der Waals surface area (Å²) in [7, 11) is 0. The van der Waals surface area contributed by atoms with Gasteiger partial charge in [-0.15, -0.1) is 0 Å². The first-order valence-electron chi connectivity index (χ1n) is 4.81. The first-order valence-corrected chi connectivity index (χ1v) is 4.81. The van der Waals surface area contributed by atoms with E-state index < -0.39 is 0 Å². The summed E-state index contributed by atoms with van der Waals surface area (Å²) >= 11 is 0. The molecule has 0 amide bonds. The number of carbonyl (C=O) groups is 2. The largest absolute Gasteiger partial charge is 0.295 e. The molecule has 0 aliphatic heterocycles. The Morgan fingerprint density at radius 3 is 2.50 bits per heavy atom. The fourth-order valence-electron chi connectivity index (χ4n) is 1.88. The van der Waals surface area contributed by atoms with Crippen molar-refractivity contribution in [3.8, 4) is 0 Å². The number of hydrogen-bond donors (Lipinski definition) is 0. The Hall–Kier alpha value is -0.660. The fourth-order valence-corrected chi connectivity index (χ4v) is 1.88. The maximum absolute atomic E-state index is 10.7. The van der Waals surface area contributed by atoms with E-state index in [-0.39, 0.29) is 5.78 Å². The molecule has 68 valence electrons. The van der Waals surface area contributed by atoms with Gasteiger partial charge in [0.25, 0.3) is 0 Å². The fraction of sp³-hybridized carbons (Fsp3) is 0.800. The summed E-state index contributed by atoms with van der Waals surface area (Å²) in [6, 6.07) is 0. The molecular weight excluding hydrogens is 152 g/mol. The summed E-state index contributed by atoms with van der Waals surface area (Å²) in [5.41, 5.74) is 0. The van der Waals surface area contributed by atoms with E-state index >= 15 is 0 Å². The molecule has 0 aromatic heterocycles. The molecule has 0 spiro atoms. The van der Waals surface area contributed by atoms with Crippen LogP contribution in [0.3, 0.4) is 0 Å². The average molecular weight is 168 g/mol. The van der Waals surface area contributed by atoms with Crippen LogP contribution >= 0.6 is 0 Å². The molecule has 0 atom stereocenters. The molecule has 0 radical (unpaired) electrons. The number of aldehydes is 1. The molecule has 0 heterocycles. The number of rotatable bonds is 4. The molecular formula is C10H16O2. The van der Waals surface area contributed by atoms with E-state index in [1.807, 2.05) is 0 Å². The zero-order valence-corrected chi connectivity index (χ0v) is 7.42. The third-order valence-corrected chi connectivity index (χ3v) is 2.66. The van der Waals surface area contributed by atoms with Gasteiger partial charge in [0.15, 0.2) is 12.1 Å². The molecule has 0 N–H and O–H groups in total. The summed E-state index contributed by atoms with van der Waals surface area (Å²) in [5.74, 6) is 0.475. The van der Waals surface area contributed by atoms with Gasteiger partial charge in [-0.05, 0) is 12.3 Å². The Balaban J connectivity index is 2.12. The van der Waals surface area contributed by atoms with Crippen molar-refractivity contribution in [2.45, 2.75) is 44.9 Å². The van der Waals surface area contributed by atoms with Crippen molar-refractivity contribution in [1.29, 1.82) is 0 Å². The average Bonchev–Trinajstić information content (AvgIpc) is 2.16. The van der Waals surface area contributed by atoms with Crippen LogP contribution in [0.2, 0.25) is 0 Å². The van der Waals surface area contributed by atoms with Crippen LogP contribution in [0.4, 0.5) is 0 Å². The second-order valence-electron chi connectivity index (χ2n) is 3.63. The van der Waals surface area contributed by atoms with Crippen molar-refractivity contribution < 1.29 is 9.59 Å². The van der Waals surface area contributed by atoms with Crippen LogP contribution in [0.15, 0.2) is 0 Å². The Bertz CT molecular complexity index is 157. The highest BCUT2D eigenvalue weighted by Crippen LogP contribution is 2.26. The van der Waals surface area contributed by atoms with Crippen LogP contribution in [0.5, 0.6) is 0 Å². The molecule has 0 aromatic carbocycles. The SMILES string of the molecule is O=CC(=O)CCC1CCCCC1. The molecule has 0 bridgehead atoms. The maximum atomic E-state index is 10.7. The lowest BCUT2D eigenvalue weighted by molar-refractivity contribution is -0.130. The Morgan fingerprint density at radius 2 is 1.92 bits per heavy atom. The molecule has 12 heavy (non-hydrogen) atoms. The number of hydrogen-bond acceptors (Lipinski definition) is 2. The van der Waals surface area contributed by atoms with Crippen molar-refractivity contribution in [3.63, 3.8) is 0 Å². The van der Waals surface area contributed by atoms with E-state index in [9.17, 15) is 9.59 Å². The van der Waals surface area contributed by atoms with Crippen molar-refractivity contribution in [2.24, 2.45) is 5.92 Å². The number of carbonyl (C=O) groups excluding carboxylic acids is 2. The van der Waals surface area contributed by atoms with Crippen molar-refractivity contribution in [2.75, 3.05) is 0 Å². The second-order valence-corrected chi connectivity index (χ2v) is 3.63.